The zero-order valence-electron chi connectivity index (χ0n) is 36.8. The quantitative estimate of drug-likeness (QED) is 0.0198. The summed E-state index contributed by atoms with van der Waals surface area (Å²) in [7, 11) is 1.11. The topological polar surface area (TPSA) is 111 Å². The Balaban J connectivity index is 4.48. The maximum Gasteiger partial charge on any atom is 0.306 e. The van der Waals surface area contributed by atoms with Crippen molar-refractivity contribution in [1.82, 2.24) is 0 Å². The van der Waals surface area contributed by atoms with Crippen LogP contribution in [0, 0.1) is 0 Å². The van der Waals surface area contributed by atoms with E-state index in [4.69, 9.17) is 18.5 Å². The summed E-state index contributed by atoms with van der Waals surface area (Å²) >= 11 is 0. The van der Waals surface area contributed by atoms with Crippen LogP contribution in [-0.2, 0) is 32.7 Å². The number of hydrogen-bond acceptors (Lipinski definition) is 8. The molecular weight excluding hydrogens is 737 g/mol. The van der Waals surface area contributed by atoms with E-state index in [-0.39, 0.29) is 26.1 Å². The van der Waals surface area contributed by atoms with Crippen molar-refractivity contribution in [3.05, 3.63) is 72.9 Å². The number of carbonyl (C=O) groups excluding carboxylic acids is 2. The molecule has 0 aliphatic carbocycles. The number of esters is 2. The molecule has 0 radical (unpaired) electrons. The van der Waals surface area contributed by atoms with Crippen LogP contribution in [0.25, 0.3) is 0 Å². The lowest BCUT2D eigenvalue weighted by Gasteiger charge is -2.28. The average molecular weight is 820 g/mol. The summed E-state index contributed by atoms with van der Waals surface area (Å²) in [4.78, 5) is 37.5. The number of phosphoric acid groups is 1. The smallest absolute Gasteiger partial charge is 0.306 e. The lowest BCUT2D eigenvalue weighted by Crippen LogP contribution is -2.37. The highest BCUT2D eigenvalue weighted by Crippen LogP contribution is 2.38. The third kappa shape index (κ3) is 42.9. The lowest BCUT2D eigenvalue weighted by atomic mass is 10.1. The number of ether oxygens (including phenoxy) is 2. The maximum absolute atomic E-state index is 12.7. The van der Waals surface area contributed by atoms with E-state index in [0.29, 0.717) is 30.3 Å². The molecule has 57 heavy (non-hydrogen) atoms. The SMILES string of the molecule is CC/C=C\C/C=C\C/C=C\C/C=C\C/C=C\CCCC(=O)OC(COC(=O)CCCCCCC/C=C\CCCCCCCCC)COP(=O)([O-])OCC[N+](C)(C)C. The Morgan fingerprint density at radius 1 is 0.561 bits per heavy atom. The monoisotopic (exact) mass is 820 g/mol. The molecule has 328 valence electrons. The van der Waals surface area contributed by atoms with Crippen LogP contribution in [0.3, 0.4) is 0 Å². The van der Waals surface area contributed by atoms with Gasteiger partial charge in [0.05, 0.1) is 27.7 Å². The molecule has 0 heterocycles. The summed E-state index contributed by atoms with van der Waals surface area (Å²) in [6.45, 7) is 4.02. The molecule has 0 aliphatic heterocycles. The van der Waals surface area contributed by atoms with Gasteiger partial charge in [-0.3, -0.25) is 14.2 Å². The number of quaternary nitrogens is 1. The minimum atomic E-state index is -4.65. The van der Waals surface area contributed by atoms with Crippen molar-refractivity contribution in [3.8, 4) is 0 Å². The highest BCUT2D eigenvalue weighted by molar-refractivity contribution is 7.45. The molecule has 0 aromatic rings. The van der Waals surface area contributed by atoms with E-state index in [0.717, 1.165) is 64.2 Å². The second-order valence-corrected chi connectivity index (χ2v) is 17.1. The van der Waals surface area contributed by atoms with Crippen molar-refractivity contribution < 1.29 is 42.1 Å². The fraction of sp³-hybridized carbons (Fsp3) is 0.702. The Morgan fingerprint density at radius 3 is 1.56 bits per heavy atom. The summed E-state index contributed by atoms with van der Waals surface area (Å²) in [5, 5.41) is 0. The van der Waals surface area contributed by atoms with Crippen LogP contribution in [-0.4, -0.2) is 70.0 Å². The van der Waals surface area contributed by atoms with Crippen molar-refractivity contribution in [2.75, 3.05) is 47.5 Å². The molecule has 0 amide bonds. The molecule has 0 saturated heterocycles. The van der Waals surface area contributed by atoms with Gasteiger partial charge in [-0.2, -0.15) is 0 Å². The number of rotatable bonds is 39. The number of carbonyl (C=O) groups is 2. The van der Waals surface area contributed by atoms with E-state index in [9.17, 15) is 19.0 Å². The Hall–Kier alpha value is -2.55. The highest BCUT2D eigenvalue weighted by atomic mass is 31.2. The van der Waals surface area contributed by atoms with E-state index in [1.165, 1.54) is 51.4 Å². The molecule has 9 nitrogen and oxygen atoms in total. The van der Waals surface area contributed by atoms with Gasteiger partial charge in [-0.25, -0.2) is 0 Å². The molecule has 0 bridgehead atoms. The summed E-state index contributed by atoms with van der Waals surface area (Å²) in [6, 6.07) is 0. The zero-order chi connectivity index (χ0) is 42.1. The molecule has 0 aliphatic rings. The first-order valence-corrected chi connectivity index (χ1v) is 23.6. The minimum Gasteiger partial charge on any atom is -0.756 e. The number of likely N-dealkylation sites (N-methyl/N-ethyl adjacent to an activating group) is 1. The first-order valence-electron chi connectivity index (χ1n) is 22.1. The minimum absolute atomic E-state index is 0.0461. The fourth-order valence-corrected chi connectivity index (χ4v) is 6.24. The van der Waals surface area contributed by atoms with Crippen LogP contribution < -0.4 is 4.89 Å². The standard InChI is InChI=1S/C47H82NO8P/c1-6-8-10-12-14-16-18-20-22-24-26-28-30-32-34-36-38-40-47(50)56-45(44-55-57(51,52)54-42-41-48(3,4)5)43-53-46(49)39-37-35-33-31-29-27-25-23-21-19-17-15-13-11-9-7-2/h8,10,14,16,20,22-23,25-26,28,32,34,45H,6-7,9,11-13,15,17-19,21,24,27,29-31,33,35-44H2,1-5H3/b10-8-,16-14-,22-20-,25-23-,28-26-,34-32-. The Kier molecular flexibility index (Phi) is 37.2. The highest BCUT2D eigenvalue weighted by Gasteiger charge is 2.21. The Bertz CT molecular complexity index is 1200. The average Bonchev–Trinajstić information content (AvgIpc) is 3.16. The first-order chi connectivity index (χ1) is 27.5. The molecule has 2 atom stereocenters. The maximum atomic E-state index is 12.7. The second kappa shape index (κ2) is 38.9. The van der Waals surface area contributed by atoms with Gasteiger partial charge in [-0.05, 0) is 77.0 Å². The van der Waals surface area contributed by atoms with Crippen molar-refractivity contribution in [1.29, 1.82) is 0 Å². The first kappa shape index (κ1) is 54.5. The molecule has 0 N–H and O–H groups in total. The molecule has 0 spiro atoms. The molecule has 0 fully saturated rings. The Morgan fingerprint density at radius 2 is 1.02 bits per heavy atom. The molecule has 10 heteroatoms. The van der Waals surface area contributed by atoms with Crippen LogP contribution >= 0.6 is 7.82 Å². The number of allylic oxidation sites excluding steroid dienone is 12. The normalized spacial score (nSPS) is 14.3. The van der Waals surface area contributed by atoms with E-state index < -0.39 is 32.5 Å². The Labute approximate surface area is 348 Å². The number of unbranched alkanes of at least 4 members (excludes halogenated alkanes) is 13. The molecular formula is C47H82NO8P. The van der Waals surface area contributed by atoms with Gasteiger partial charge in [0.1, 0.15) is 19.8 Å². The fourth-order valence-electron chi connectivity index (χ4n) is 5.51. The van der Waals surface area contributed by atoms with Gasteiger partial charge in [0.2, 0.25) is 0 Å². The summed E-state index contributed by atoms with van der Waals surface area (Å²) in [5.74, 6) is -0.918. The predicted octanol–water partition coefficient (Wildman–Crippen LogP) is 12.0. The van der Waals surface area contributed by atoms with Gasteiger partial charge in [-0.1, -0.05) is 145 Å². The van der Waals surface area contributed by atoms with Crippen molar-refractivity contribution in [2.24, 2.45) is 0 Å². The third-order valence-corrected chi connectivity index (χ3v) is 9.92. The van der Waals surface area contributed by atoms with Crippen molar-refractivity contribution >= 4 is 19.8 Å². The van der Waals surface area contributed by atoms with Gasteiger partial charge in [-0.15, -0.1) is 0 Å². The predicted molar refractivity (Wildman–Crippen MR) is 236 cm³/mol. The zero-order valence-corrected chi connectivity index (χ0v) is 37.7. The van der Waals surface area contributed by atoms with Gasteiger partial charge >= 0.3 is 11.9 Å². The molecule has 0 aromatic heterocycles. The summed E-state index contributed by atoms with van der Waals surface area (Å²) in [5.41, 5.74) is 0. The largest absolute Gasteiger partial charge is 0.756 e. The summed E-state index contributed by atoms with van der Waals surface area (Å²) < 4.78 is 33.8. The number of phosphoric ester groups is 1. The van der Waals surface area contributed by atoms with E-state index in [1.54, 1.807) is 0 Å². The van der Waals surface area contributed by atoms with E-state index in [1.807, 2.05) is 27.2 Å². The third-order valence-electron chi connectivity index (χ3n) is 8.96. The van der Waals surface area contributed by atoms with E-state index in [2.05, 4.69) is 80.7 Å². The molecule has 0 saturated carbocycles. The number of nitrogens with zero attached hydrogens (tertiary/aromatic N) is 1. The van der Waals surface area contributed by atoms with Gasteiger partial charge in [0, 0.05) is 12.8 Å². The van der Waals surface area contributed by atoms with Gasteiger partial charge < -0.3 is 27.9 Å². The van der Waals surface area contributed by atoms with Crippen LogP contribution in [0.1, 0.15) is 162 Å². The van der Waals surface area contributed by atoms with Crippen LogP contribution in [0.2, 0.25) is 0 Å². The lowest BCUT2D eigenvalue weighted by molar-refractivity contribution is -0.870. The molecule has 0 rings (SSSR count). The van der Waals surface area contributed by atoms with Crippen LogP contribution in [0.4, 0.5) is 0 Å². The van der Waals surface area contributed by atoms with E-state index >= 15 is 0 Å². The summed E-state index contributed by atoms with van der Waals surface area (Å²) in [6.07, 6.45) is 47.9. The van der Waals surface area contributed by atoms with Crippen molar-refractivity contribution in [3.63, 3.8) is 0 Å². The van der Waals surface area contributed by atoms with Crippen LogP contribution in [0.5, 0.6) is 0 Å². The van der Waals surface area contributed by atoms with Gasteiger partial charge in [0.15, 0.2) is 6.10 Å². The van der Waals surface area contributed by atoms with Crippen molar-refractivity contribution in [2.45, 2.75) is 168 Å². The van der Waals surface area contributed by atoms with Gasteiger partial charge in [0.25, 0.3) is 7.82 Å². The van der Waals surface area contributed by atoms with Crippen LogP contribution in [0.15, 0.2) is 72.9 Å². The molecule has 2 unspecified atom stereocenters. The molecule has 0 aromatic carbocycles. The number of hydrogen-bond donors (Lipinski definition) is 0. The second-order valence-electron chi connectivity index (χ2n) is 15.7.